The van der Waals surface area contributed by atoms with Crippen molar-refractivity contribution in [3.8, 4) is 0 Å². The number of hydrogen-bond donors (Lipinski definition) is 2. The van der Waals surface area contributed by atoms with Crippen LogP contribution in [0.3, 0.4) is 0 Å². The fourth-order valence-electron chi connectivity index (χ4n) is 2.40. The first kappa shape index (κ1) is 15.7. The van der Waals surface area contributed by atoms with Crippen LogP contribution < -0.4 is 10.0 Å². The fraction of sp³-hybridized carbons (Fsp3) is 0.400. The molecule has 0 spiro atoms. The van der Waals surface area contributed by atoms with E-state index in [0.29, 0.717) is 12.1 Å². The molecule has 114 valence electrons. The molecule has 0 aromatic heterocycles. The Morgan fingerprint density at radius 2 is 2.05 bits per heavy atom. The van der Waals surface area contributed by atoms with Gasteiger partial charge in [-0.05, 0) is 31.0 Å². The number of amides is 1. The van der Waals surface area contributed by atoms with Crippen molar-refractivity contribution in [3.05, 3.63) is 42.5 Å². The van der Waals surface area contributed by atoms with Gasteiger partial charge in [0.05, 0.1) is 4.90 Å². The third-order valence-electron chi connectivity index (χ3n) is 3.49. The van der Waals surface area contributed by atoms with Crippen LogP contribution in [0, 0.1) is 0 Å². The van der Waals surface area contributed by atoms with E-state index < -0.39 is 10.0 Å². The molecule has 1 aliphatic carbocycles. The standard InChI is InChI=1S/C15H20N2O3S/c1-2-10-16-15(18)12-6-5-9-14(11-12)21(19,20)17-13-7-3-4-8-13/h2,5-6,9,11,13,17H,1,3-4,7-8,10H2,(H,16,18). The average molecular weight is 308 g/mol. The van der Waals surface area contributed by atoms with Crippen LogP contribution >= 0.6 is 0 Å². The van der Waals surface area contributed by atoms with Crippen molar-refractivity contribution >= 4 is 15.9 Å². The number of carbonyl (C=O) groups excluding carboxylic acids is 1. The highest BCUT2D eigenvalue weighted by molar-refractivity contribution is 7.89. The topological polar surface area (TPSA) is 75.3 Å². The van der Waals surface area contributed by atoms with Crippen molar-refractivity contribution in [1.82, 2.24) is 10.0 Å². The molecule has 1 fully saturated rings. The molecule has 0 bridgehead atoms. The molecule has 21 heavy (non-hydrogen) atoms. The summed E-state index contributed by atoms with van der Waals surface area (Å²) in [5.41, 5.74) is 0.325. The molecule has 2 rings (SSSR count). The summed E-state index contributed by atoms with van der Waals surface area (Å²) in [6.45, 7) is 3.86. The van der Waals surface area contributed by atoms with Crippen molar-refractivity contribution in [2.75, 3.05) is 6.54 Å². The normalized spacial score (nSPS) is 15.8. The summed E-state index contributed by atoms with van der Waals surface area (Å²) in [6, 6.07) is 6.07. The van der Waals surface area contributed by atoms with Gasteiger partial charge in [-0.25, -0.2) is 13.1 Å². The molecule has 1 amide bonds. The minimum atomic E-state index is -3.57. The van der Waals surface area contributed by atoms with Crippen LogP contribution in [0.2, 0.25) is 0 Å². The molecule has 1 aromatic rings. The summed E-state index contributed by atoms with van der Waals surface area (Å²) in [6.07, 6.45) is 5.42. The van der Waals surface area contributed by atoms with Crippen molar-refractivity contribution in [2.24, 2.45) is 0 Å². The molecule has 1 aromatic carbocycles. The Balaban J connectivity index is 2.15. The zero-order chi connectivity index (χ0) is 15.3. The Labute approximate surface area is 125 Å². The number of benzene rings is 1. The summed E-state index contributed by atoms with van der Waals surface area (Å²) in [5, 5.41) is 2.63. The van der Waals surface area contributed by atoms with E-state index in [1.807, 2.05) is 0 Å². The van der Waals surface area contributed by atoms with Crippen LogP contribution in [0.25, 0.3) is 0 Å². The average Bonchev–Trinajstić information content (AvgIpc) is 2.97. The van der Waals surface area contributed by atoms with E-state index in [0.717, 1.165) is 25.7 Å². The molecular formula is C15H20N2O3S. The van der Waals surface area contributed by atoms with Crippen molar-refractivity contribution in [3.63, 3.8) is 0 Å². The Morgan fingerprint density at radius 1 is 1.33 bits per heavy atom. The number of hydrogen-bond acceptors (Lipinski definition) is 3. The van der Waals surface area contributed by atoms with E-state index in [-0.39, 0.29) is 16.8 Å². The predicted octanol–water partition coefficient (Wildman–Crippen LogP) is 1.82. The molecule has 0 radical (unpaired) electrons. The summed E-state index contributed by atoms with van der Waals surface area (Å²) >= 11 is 0. The minimum absolute atomic E-state index is 0.00764. The lowest BCUT2D eigenvalue weighted by atomic mass is 10.2. The van der Waals surface area contributed by atoms with Crippen LogP contribution in [0.15, 0.2) is 41.8 Å². The van der Waals surface area contributed by atoms with Gasteiger partial charge in [0.2, 0.25) is 10.0 Å². The van der Waals surface area contributed by atoms with E-state index >= 15 is 0 Å². The largest absolute Gasteiger partial charge is 0.349 e. The zero-order valence-corrected chi connectivity index (χ0v) is 12.7. The maximum atomic E-state index is 12.3. The quantitative estimate of drug-likeness (QED) is 0.787. The Hall–Kier alpha value is -1.66. The molecule has 0 aliphatic heterocycles. The first-order valence-electron chi connectivity index (χ1n) is 7.04. The maximum absolute atomic E-state index is 12.3. The second-order valence-electron chi connectivity index (χ2n) is 5.13. The molecule has 6 heteroatoms. The Kier molecular flexibility index (Phi) is 5.14. The molecule has 2 N–H and O–H groups in total. The van der Waals surface area contributed by atoms with Crippen LogP contribution in [0.1, 0.15) is 36.0 Å². The highest BCUT2D eigenvalue weighted by Crippen LogP contribution is 2.20. The molecule has 1 saturated carbocycles. The second kappa shape index (κ2) is 6.87. The van der Waals surface area contributed by atoms with Gasteiger partial charge in [0, 0.05) is 18.2 Å². The first-order valence-corrected chi connectivity index (χ1v) is 8.53. The first-order chi connectivity index (χ1) is 10.0. The molecule has 0 heterocycles. The van der Waals surface area contributed by atoms with Gasteiger partial charge in [-0.3, -0.25) is 4.79 Å². The van der Waals surface area contributed by atoms with Gasteiger partial charge in [-0.15, -0.1) is 6.58 Å². The van der Waals surface area contributed by atoms with Crippen LogP contribution in [-0.4, -0.2) is 26.9 Å². The molecule has 0 atom stereocenters. The number of rotatable bonds is 6. The maximum Gasteiger partial charge on any atom is 0.251 e. The van der Waals surface area contributed by atoms with Crippen molar-refractivity contribution in [2.45, 2.75) is 36.6 Å². The van der Waals surface area contributed by atoms with Gasteiger partial charge in [-0.1, -0.05) is 25.0 Å². The lowest BCUT2D eigenvalue weighted by Crippen LogP contribution is -2.33. The van der Waals surface area contributed by atoms with Crippen molar-refractivity contribution < 1.29 is 13.2 Å². The van der Waals surface area contributed by atoms with Gasteiger partial charge in [0.25, 0.3) is 5.91 Å². The second-order valence-corrected chi connectivity index (χ2v) is 6.84. The number of sulfonamides is 1. The van der Waals surface area contributed by atoms with Gasteiger partial charge >= 0.3 is 0 Å². The van der Waals surface area contributed by atoms with E-state index in [1.165, 1.54) is 12.1 Å². The highest BCUT2D eigenvalue weighted by Gasteiger charge is 2.23. The summed E-state index contributed by atoms with van der Waals surface area (Å²) in [4.78, 5) is 12.0. The number of nitrogens with one attached hydrogen (secondary N) is 2. The SMILES string of the molecule is C=CCNC(=O)c1cccc(S(=O)(=O)NC2CCCC2)c1. The Bertz CT molecular complexity index is 620. The predicted molar refractivity (Wildman–Crippen MR) is 81.5 cm³/mol. The molecule has 5 nitrogen and oxygen atoms in total. The summed E-state index contributed by atoms with van der Waals surface area (Å²) in [5.74, 6) is -0.312. The number of carbonyl (C=O) groups is 1. The zero-order valence-electron chi connectivity index (χ0n) is 11.8. The van der Waals surface area contributed by atoms with Crippen LogP contribution in [-0.2, 0) is 10.0 Å². The highest BCUT2D eigenvalue weighted by atomic mass is 32.2. The van der Waals surface area contributed by atoms with E-state index in [9.17, 15) is 13.2 Å². The van der Waals surface area contributed by atoms with Crippen LogP contribution in [0.5, 0.6) is 0 Å². The van der Waals surface area contributed by atoms with E-state index in [2.05, 4.69) is 16.6 Å². The summed E-state index contributed by atoms with van der Waals surface area (Å²) in [7, 11) is -3.57. The lowest BCUT2D eigenvalue weighted by molar-refractivity contribution is 0.0958. The lowest BCUT2D eigenvalue weighted by Gasteiger charge is -2.13. The third kappa shape index (κ3) is 4.15. The Morgan fingerprint density at radius 3 is 2.71 bits per heavy atom. The monoisotopic (exact) mass is 308 g/mol. The third-order valence-corrected chi connectivity index (χ3v) is 5.01. The minimum Gasteiger partial charge on any atom is -0.349 e. The van der Waals surface area contributed by atoms with Gasteiger partial charge in [-0.2, -0.15) is 0 Å². The van der Waals surface area contributed by atoms with E-state index in [4.69, 9.17) is 0 Å². The summed E-state index contributed by atoms with van der Waals surface area (Å²) < 4.78 is 27.3. The smallest absolute Gasteiger partial charge is 0.251 e. The fourth-order valence-corrected chi connectivity index (χ4v) is 3.75. The molecule has 0 saturated heterocycles. The van der Waals surface area contributed by atoms with Gasteiger partial charge in [0.15, 0.2) is 0 Å². The van der Waals surface area contributed by atoms with Gasteiger partial charge < -0.3 is 5.32 Å². The molecule has 1 aliphatic rings. The van der Waals surface area contributed by atoms with Crippen molar-refractivity contribution in [1.29, 1.82) is 0 Å². The molecule has 0 unspecified atom stereocenters. The van der Waals surface area contributed by atoms with Crippen LogP contribution in [0.4, 0.5) is 0 Å². The molecular weight excluding hydrogens is 288 g/mol. The van der Waals surface area contributed by atoms with Gasteiger partial charge in [0.1, 0.15) is 0 Å². The van der Waals surface area contributed by atoms with E-state index in [1.54, 1.807) is 18.2 Å².